The van der Waals surface area contributed by atoms with Crippen molar-refractivity contribution in [1.82, 2.24) is 20.0 Å². The largest absolute Gasteiger partial charge is 0.369 e. The van der Waals surface area contributed by atoms with Crippen LogP contribution in [0.2, 0.25) is 0 Å². The van der Waals surface area contributed by atoms with Gasteiger partial charge in [0.25, 0.3) is 11.5 Å². The molecule has 1 aliphatic rings. The van der Waals surface area contributed by atoms with Crippen molar-refractivity contribution in [2.45, 2.75) is 19.5 Å². The van der Waals surface area contributed by atoms with E-state index in [-0.39, 0.29) is 23.6 Å². The van der Waals surface area contributed by atoms with E-state index in [1.165, 1.54) is 16.8 Å². The van der Waals surface area contributed by atoms with E-state index in [2.05, 4.69) is 27.3 Å². The summed E-state index contributed by atoms with van der Waals surface area (Å²) in [6.45, 7) is 5.57. The summed E-state index contributed by atoms with van der Waals surface area (Å²) in [5, 5.41) is 8.40. The van der Waals surface area contributed by atoms with Gasteiger partial charge in [-0.1, -0.05) is 48.5 Å². The zero-order valence-electron chi connectivity index (χ0n) is 21.0. The van der Waals surface area contributed by atoms with Gasteiger partial charge < -0.3 is 15.1 Å². The van der Waals surface area contributed by atoms with E-state index in [1.807, 2.05) is 37.3 Å². The molecule has 3 aromatic carbocycles. The van der Waals surface area contributed by atoms with Crippen molar-refractivity contribution in [1.29, 1.82) is 0 Å². The summed E-state index contributed by atoms with van der Waals surface area (Å²) in [5.74, 6) is -0.770. The molecule has 1 fully saturated rings. The normalized spacial score (nSPS) is 15.1. The molecule has 0 saturated carbocycles. The average Bonchev–Trinajstić information content (AvgIpc) is 2.91. The predicted molar refractivity (Wildman–Crippen MR) is 144 cm³/mol. The van der Waals surface area contributed by atoms with Crippen LogP contribution in [-0.2, 0) is 6.54 Å². The fourth-order valence-electron chi connectivity index (χ4n) is 4.82. The fraction of sp³-hybridized carbons (Fsp3) is 0.276. The Morgan fingerprint density at radius 2 is 1.65 bits per heavy atom. The third kappa shape index (κ3) is 5.24. The third-order valence-electron chi connectivity index (χ3n) is 6.91. The first-order chi connectivity index (χ1) is 17.9. The predicted octanol–water partition coefficient (Wildman–Crippen LogP) is 3.83. The van der Waals surface area contributed by atoms with Gasteiger partial charge in [0.05, 0.1) is 18.0 Å². The van der Waals surface area contributed by atoms with Crippen LogP contribution in [0.15, 0.2) is 77.6 Å². The molecule has 2 heterocycles. The molecule has 1 saturated heterocycles. The van der Waals surface area contributed by atoms with Crippen molar-refractivity contribution >= 4 is 22.4 Å². The summed E-state index contributed by atoms with van der Waals surface area (Å²) in [5.41, 5.74) is 2.43. The standard InChI is InChI=1S/C29H30FN5O2/c1-20(25-18-22(30)12-13-26(25)34-16-14-33(2)15-17-34)31-28(36)27-23-10-6-7-11-24(23)29(37)35(32-27)19-21-8-4-3-5-9-21/h3-13,18,20H,14-17,19H2,1-2H3,(H,31,36). The number of amides is 1. The number of nitrogens with one attached hydrogen (secondary N) is 1. The number of aromatic nitrogens is 2. The van der Waals surface area contributed by atoms with E-state index in [0.717, 1.165) is 37.4 Å². The smallest absolute Gasteiger partial charge is 0.274 e. The van der Waals surface area contributed by atoms with Gasteiger partial charge in [-0.15, -0.1) is 0 Å². The summed E-state index contributed by atoms with van der Waals surface area (Å²) in [6.07, 6.45) is 0. The lowest BCUT2D eigenvalue weighted by Gasteiger charge is -2.36. The van der Waals surface area contributed by atoms with E-state index < -0.39 is 11.9 Å². The van der Waals surface area contributed by atoms with Crippen molar-refractivity contribution < 1.29 is 9.18 Å². The van der Waals surface area contributed by atoms with Crippen molar-refractivity contribution in [3.63, 3.8) is 0 Å². The maximum absolute atomic E-state index is 14.3. The third-order valence-corrected chi connectivity index (χ3v) is 6.91. The molecule has 1 atom stereocenters. The number of piperazine rings is 1. The van der Waals surface area contributed by atoms with E-state index >= 15 is 0 Å². The van der Waals surface area contributed by atoms with Gasteiger partial charge in [0.2, 0.25) is 0 Å². The lowest BCUT2D eigenvalue weighted by atomic mass is 10.0. The van der Waals surface area contributed by atoms with Crippen LogP contribution in [0.1, 0.15) is 34.6 Å². The van der Waals surface area contributed by atoms with Crippen LogP contribution in [0.5, 0.6) is 0 Å². The number of likely N-dealkylation sites (N-methyl/N-ethyl adjacent to an activating group) is 1. The first-order valence-corrected chi connectivity index (χ1v) is 12.5. The number of fused-ring (bicyclic) bond motifs is 1. The summed E-state index contributed by atoms with van der Waals surface area (Å²) >= 11 is 0. The first-order valence-electron chi connectivity index (χ1n) is 12.5. The minimum atomic E-state index is -0.479. The Hall–Kier alpha value is -4.04. The molecule has 1 aliphatic heterocycles. The molecule has 4 aromatic rings. The van der Waals surface area contributed by atoms with Crippen LogP contribution < -0.4 is 15.8 Å². The molecule has 1 unspecified atom stereocenters. The highest BCUT2D eigenvalue weighted by atomic mass is 19.1. The lowest BCUT2D eigenvalue weighted by Crippen LogP contribution is -2.45. The van der Waals surface area contributed by atoms with Gasteiger partial charge in [0.1, 0.15) is 5.82 Å². The minimum absolute atomic E-state index is 0.163. The van der Waals surface area contributed by atoms with Crippen LogP contribution in [0.3, 0.4) is 0 Å². The molecule has 0 bridgehead atoms. The molecule has 0 aliphatic carbocycles. The summed E-state index contributed by atoms with van der Waals surface area (Å²) in [4.78, 5) is 31.2. The highest BCUT2D eigenvalue weighted by Gasteiger charge is 2.23. The Morgan fingerprint density at radius 3 is 2.38 bits per heavy atom. The van der Waals surface area contributed by atoms with Crippen molar-refractivity contribution in [3.8, 4) is 0 Å². The molecule has 0 spiro atoms. The van der Waals surface area contributed by atoms with Gasteiger partial charge in [0, 0.05) is 42.8 Å². The minimum Gasteiger partial charge on any atom is -0.369 e. The molecule has 1 aromatic heterocycles. The van der Waals surface area contributed by atoms with E-state index in [1.54, 1.807) is 30.3 Å². The topological polar surface area (TPSA) is 70.5 Å². The number of nitrogens with zero attached hydrogens (tertiary/aromatic N) is 4. The van der Waals surface area contributed by atoms with Crippen LogP contribution in [0.4, 0.5) is 10.1 Å². The second kappa shape index (κ2) is 10.5. The molecular formula is C29H30FN5O2. The second-order valence-corrected chi connectivity index (χ2v) is 9.53. The maximum Gasteiger partial charge on any atom is 0.274 e. The first kappa shape index (κ1) is 24.6. The van der Waals surface area contributed by atoms with Gasteiger partial charge in [0.15, 0.2) is 5.69 Å². The molecular weight excluding hydrogens is 469 g/mol. The van der Waals surface area contributed by atoms with Gasteiger partial charge in [-0.05, 0) is 43.8 Å². The number of halogens is 1. The van der Waals surface area contributed by atoms with Crippen LogP contribution in [0.25, 0.3) is 10.8 Å². The lowest BCUT2D eigenvalue weighted by molar-refractivity contribution is 0.0934. The van der Waals surface area contributed by atoms with Crippen LogP contribution in [-0.4, -0.2) is 53.8 Å². The quantitative estimate of drug-likeness (QED) is 0.437. The van der Waals surface area contributed by atoms with Gasteiger partial charge in [-0.25, -0.2) is 9.07 Å². The number of hydrogen-bond acceptors (Lipinski definition) is 5. The van der Waals surface area contributed by atoms with E-state index in [9.17, 15) is 14.0 Å². The summed E-state index contributed by atoms with van der Waals surface area (Å²) in [6, 6.07) is 20.8. The summed E-state index contributed by atoms with van der Waals surface area (Å²) < 4.78 is 15.6. The second-order valence-electron chi connectivity index (χ2n) is 9.53. The molecule has 8 heteroatoms. The number of hydrogen-bond donors (Lipinski definition) is 1. The number of anilines is 1. The van der Waals surface area contributed by atoms with Crippen LogP contribution >= 0.6 is 0 Å². The van der Waals surface area contributed by atoms with Gasteiger partial charge >= 0.3 is 0 Å². The van der Waals surface area contributed by atoms with Crippen molar-refractivity contribution in [2.75, 3.05) is 38.1 Å². The van der Waals surface area contributed by atoms with E-state index in [0.29, 0.717) is 16.3 Å². The zero-order valence-corrected chi connectivity index (χ0v) is 21.0. The highest BCUT2D eigenvalue weighted by Crippen LogP contribution is 2.29. The molecule has 1 amide bonds. The highest BCUT2D eigenvalue weighted by molar-refractivity contribution is 6.05. The molecule has 190 valence electrons. The molecule has 7 nitrogen and oxygen atoms in total. The SMILES string of the molecule is CC(NC(=O)c1nn(Cc2ccccc2)c(=O)c2ccccc12)c1cc(F)ccc1N1CCN(C)CC1. The van der Waals surface area contributed by atoms with Crippen LogP contribution in [0, 0.1) is 5.82 Å². The Balaban J connectivity index is 1.47. The Kier molecular flexibility index (Phi) is 7.01. The Morgan fingerprint density at radius 1 is 0.973 bits per heavy atom. The number of benzene rings is 3. The average molecular weight is 500 g/mol. The van der Waals surface area contributed by atoms with E-state index in [4.69, 9.17) is 0 Å². The molecule has 37 heavy (non-hydrogen) atoms. The number of carbonyl (C=O) groups excluding carboxylic acids is 1. The number of rotatable bonds is 6. The Labute approximate surface area is 215 Å². The Bertz CT molecular complexity index is 1480. The number of carbonyl (C=O) groups is 1. The maximum atomic E-state index is 14.3. The zero-order chi connectivity index (χ0) is 25.9. The van der Waals surface area contributed by atoms with Gasteiger partial charge in [-0.2, -0.15) is 5.10 Å². The summed E-state index contributed by atoms with van der Waals surface area (Å²) in [7, 11) is 2.08. The van der Waals surface area contributed by atoms with Crippen molar-refractivity contribution in [2.24, 2.45) is 0 Å². The monoisotopic (exact) mass is 499 g/mol. The van der Waals surface area contributed by atoms with Crippen molar-refractivity contribution in [3.05, 3.63) is 106 Å². The molecule has 5 rings (SSSR count). The molecule has 1 N–H and O–H groups in total. The molecule has 0 radical (unpaired) electrons. The van der Waals surface area contributed by atoms with Gasteiger partial charge in [-0.3, -0.25) is 9.59 Å². The fourth-order valence-corrected chi connectivity index (χ4v) is 4.82.